The van der Waals surface area contributed by atoms with Gasteiger partial charge in [0.2, 0.25) is 5.95 Å². The first-order chi connectivity index (χ1) is 15.2. The highest BCUT2D eigenvalue weighted by Gasteiger charge is 2.32. The SMILES string of the molecule is O=Cc1cncc(-c2cnc(Nc3ccc(F)c(Cl)c3)nc2-n2cc(C(F)(F)F)cn2)c1. The van der Waals surface area contributed by atoms with E-state index in [-0.39, 0.29) is 27.9 Å². The van der Waals surface area contributed by atoms with Gasteiger partial charge in [0, 0.05) is 47.2 Å². The molecule has 0 aliphatic carbocycles. The van der Waals surface area contributed by atoms with Crippen molar-refractivity contribution >= 4 is 29.5 Å². The monoisotopic (exact) mass is 462 g/mol. The molecule has 0 bridgehead atoms. The molecule has 0 radical (unpaired) electrons. The lowest BCUT2D eigenvalue weighted by Gasteiger charge is -2.12. The van der Waals surface area contributed by atoms with E-state index in [1.807, 2.05) is 0 Å². The van der Waals surface area contributed by atoms with E-state index < -0.39 is 17.6 Å². The molecule has 0 saturated carbocycles. The Morgan fingerprint density at radius 2 is 1.91 bits per heavy atom. The number of anilines is 2. The summed E-state index contributed by atoms with van der Waals surface area (Å²) in [5.74, 6) is -0.626. The van der Waals surface area contributed by atoms with Crippen LogP contribution in [0.5, 0.6) is 0 Å². The molecule has 3 aromatic heterocycles. The van der Waals surface area contributed by atoms with E-state index in [9.17, 15) is 22.4 Å². The summed E-state index contributed by atoms with van der Waals surface area (Å²) in [6.45, 7) is 0. The van der Waals surface area contributed by atoms with Crippen molar-refractivity contribution in [1.29, 1.82) is 0 Å². The molecule has 0 saturated heterocycles. The first-order valence-electron chi connectivity index (χ1n) is 8.86. The number of nitrogens with zero attached hydrogens (tertiary/aromatic N) is 5. The molecule has 162 valence electrons. The van der Waals surface area contributed by atoms with Crippen molar-refractivity contribution in [2.45, 2.75) is 6.18 Å². The molecule has 0 aliphatic rings. The van der Waals surface area contributed by atoms with Crippen LogP contribution in [0.15, 0.2) is 55.2 Å². The number of carbonyl (C=O) groups is 1. The fourth-order valence-corrected chi connectivity index (χ4v) is 2.95. The van der Waals surface area contributed by atoms with Gasteiger partial charge in [0.05, 0.1) is 16.8 Å². The van der Waals surface area contributed by atoms with Gasteiger partial charge in [-0.2, -0.15) is 23.3 Å². The Kier molecular flexibility index (Phi) is 5.57. The third kappa shape index (κ3) is 4.42. The number of aldehydes is 1. The minimum absolute atomic E-state index is 0.00365. The van der Waals surface area contributed by atoms with Gasteiger partial charge in [0.25, 0.3) is 0 Å². The Morgan fingerprint density at radius 3 is 2.59 bits per heavy atom. The molecule has 4 rings (SSSR count). The average molecular weight is 463 g/mol. The fraction of sp³-hybridized carbons (Fsp3) is 0.0500. The Hall–Kier alpha value is -3.86. The van der Waals surface area contributed by atoms with Crippen molar-refractivity contribution in [3.63, 3.8) is 0 Å². The first kappa shape index (κ1) is 21.4. The maximum atomic E-state index is 13.4. The minimum Gasteiger partial charge on any atom is -0.324 e. The molecule has 0 fully saturated rings. The lowest BCUT2D eigenvalue weighted by atomic mass is 10.1. The second kappa shape index (κ2) is 8.35. The van der Waals surface area contributed by atoms with E-state index in [1.54, 1.807) is 0 Å². The molecule has 0 unspecified atom stereocenters. The Balaban J connectivity index is 1.81. The third-order valence-corrected chi connectivity index (χ3v) is 4.57. The molecule has 4 aromatic rings. The normalized spacial score (nSPS) is 11.4. The molecule has 0 amide bonds. The summed E-state index contributed by atoms with van der Waals surface area (Å²) >= 11 is 5.77. The Bertz CT molecular complexity index is 1310. The number of carbonyl (C=O) groups excluding carboxylic acids is 1. The molecule has 32 heavy (non-hydrogen) atoms. The first-order valence-corrected chi connectivity index (χ1v) is 9.24. The highest BCUT2D eigenvalue weighted by Crippen LogP contribution is 2.31. The zero-order valence-corrected chi connectivity index (χ0v) is 16.6. The summed E-state index contributed by atoms with van der Waals surface area (Å²) < 4.78 is 53.6. The molecular formula is C20H11ClF4N6O. The molecular weight excluding hydrogens is 452 g/mol. The number of nitrogens with one attached hydrogen (secondary N) is 1. The van der Waals surface area contributed by atoms with Crippen LogP contribution in [-0.4, -0.2) is 31.0 Å². The quantitative estimate of drug-likeness (QED) is 0.328. The number of rotatable bonds is 5. The molecule has 1 aromatic carbocycles. The van der Waals surface area contributed by atoms with Gasteiger partial charge in [-0.1, -0.05) is 11.6 Å². The lowest BCUT2D eigenvalue weighted by molar-refractivity contribution is -0.137. The highest BCUT2D eigenvalue weighted by molar-refractivity contribution is 6.31. The molecule has 0 atom stereocenters. The number of alkyl halides is 3. The summed E-state index contributed by atoms with van der Waals surface area (Å²) in [5.41, 5.74) is 0.316. The van der Waals surface area contributed by atoms with Crippen LogP contribution >= 0.6 is 11.6 Å². The van der Waals surface area contributed by atoms with Crippen LogP contribution in [0.25, 0.3) is 16.9 Å². The topological polar surface area (TPSA) is 85.6 Å². The molecule has 0 aliphatic heterocycles. The number of hydrogen-bond acceptors (Lipinski definition) is 6. The fourth-order valence-electron chi connectivity index (χ4n) is 2.77. The maximum Gasteiger partial charge on any atom is 0.419 e. The van der Waals surface area contributed by atoms with Crippen LogP contribution in [0.2, 0.25) is 5.02 Å². The van der Waals surface area contributed by atoms with Gasteiger partial charge < -0.3 is 5.32 Å². The summed E-state index contributed by atoms with van der Waals surface area (Å²) in [4.78, 5) is 23.5. The molecule has 12 heteroatoms. The lowest BCUT2D eigenvalue weighted by Crippen LogP contribution is -2.07. The summed E-state index contributed by atoms with van der Waals surface area (Å²) in [7, 11) is 0. The van der Waals surface area contributed by atoms with Crippen molar-refractivity contribution in [3.05, 3.63) is 77.2 Å². The smallest absolute Gasteiger partial charge is 0.324 e. The second-order valence-electron chi connectivity index (χ2n) is 6.48. The number of hydrogen-bond donors (Lipinski definition) is 1. The predicted octanol–water partition coefficient (Wildman–Crippen LogP) is 5.09. The summed E-state index contributed by atoms with van der Waals surface area (Å²) in [6, 6.07) is 5.33. The van der Waals surface area contributed by atoms with Crippen molar-refractivity contribution in [1.82, 2.24) is 24.7 Å². The van der Waals surface area contributed by atoms with Gasteiger partial charge in [0.15, 0.2) is 12.1 Å². The van der Waals surface area contributed by atoms with Crippen molar-refractivity contribution < 1.29 is 22.4 Å². The van der Waals surface area contributed by atoms with E-state index in [2.05, 4.69) is 25.4 Å². The maximum absolute atomic E-state index is 13.4. The van der Waals surface area contributed by atoms with Crippen LogP contribution in [0.1, 0.15) is 15.9 Å². The van der Waals surface area contributed by atoms with Gasteiger partial charge >= 0.3 is 6.18 Å². The number of pyridine rings is 1. The molecule has 1 N–H and O–H groups in total. The average Bonchev–Trinajstić information content (AvgIpc) is 3.27. The van der Waals surface area contributed by atoms with E-state index in [4.69, 9.17) is 11.6 Å². The Morgan fingerprint density at radius 1 is 1.09 bits per heavy atom. The van der Waals surface area contributed by atoms with Crippen LogP contribution < -0.4 is 5.32 Å². The molecule has 0 spiro atoms. The minimum atomic E-state index is -4.60. The summed E-state index contributed by atoms with van der Waals surface area (Å²) in [6.07, 6.45) is 1.52. The van der Waals surface area contributed by atoms with Crippen LogP contribution in [-0.2, 0) is 6.18 Å². The standard InChI is InChI=1S/C20H11ClF4N6O/c21-16-4-14(1-2-17(16)22)29-19-27-8-15(12-3-11(10-32)5-26-6-12)18(30-19)31-9-13(7-28-31)20(23,24)25/h1-10H,(H,27,29,30). The predicted molar refractivity (Wildman–Crippen MR) is 107 cm³/mol. The zero-order chi connectivity index (χ0) is 22.9. The number of aromatic nitrogens is 5. The van der Waals surface area contributed by atoms with Crippen LogP contribution in [0.3, 0.4) is 0 Å². The highest BCUT2D eigenvalue weighted by atomic mass is 35.5. The second-order valence-corrected chi connectivity index (χ2v) is 6.89. The third-order valence-electron chi connectivity index (χ3n) is 4.28. The van der Waals surface area contributed by atoms with Crippen LogP contribution in [0, 0.1) is 5.82 Å². The number of halogens is 5. The van der Waals surface area contributed by atoms with Crippen molar-refractivity contribution in [2.24, 2.45) is 0 Å². The van der Waals surface area contributed by atoms with Gasteiger partial charge in [-0.05, 0) is 24.3 Å². The molecule has 7 nitrogen and oxygen atoms in total. The number of benzene rings is 1. The zero-order valence-electron chi connectivity index (χ0n) is 15.8. The van der Waals surface area contributed by atoms with E-state index in [1.165, 1.54) is 36.8 Å². The van der Waals surface area contributed by atoms with Crippen molar-refractivity contribution in [3.8, 4) is 16.9 Å². The van der Waals surface area contributed by atoms with E-state index in [0.717, 1.165) is 16.9 Å². The van der Waals surface area contributed by atoms with Gasteiger partial charge in [0.1, 0.15) is 5.82 Å². The van der Waals surface area contributed by atoms with E-state index in [0.29, 0.717) is 23.7 Å². The van der Waals surface area contributed by atoms with Crippen LogP contribution in [0.4, 0.5) is 29.2 Å². The summed E-state index contributed by atoms with van der Waals surface area (Å²) in [5, 5.41) is 6.45. The van der Waals surface area contributed by atoms with E-state index >= 15 is 0 Å². The van der Waals surface area contributed by atoms with Gasteiger partial charge in [-0.15, -0.1) is 0 Å². The largest absolute Gasteiger partial charge is 0.419 e. The van der Waals surface area contributed by atoms with Gasteiger partial charge in [-0.25, -0.2) is 14.1 Å². The van der Waals surface area contributed by atoms with Crippen molar-refractivity contribution in [2.75, 3.05) is 5.32 Å². The van der Waals surface area contributed by atoms with Gasteiger partial charge in [-0.3, -0.25) is 9.78 Å². The molecule has 3 heterocycles. The Labute approximate surface area is 182 Å².